The van der Waals surface area contributed by atoms with Gasteiger partial charge < -0.3 is 5.32 Å². The van der Waals surface area contributed by atoms with Crippen LogP contribution in [-0.2, 0) is 0 Å². The minimum atomic E-state index is 0.502. The van der Waals surface area contributed by atoms with Crippen molar-refractivity contribution >= 4 is 23.4 Å². The summed E-state index contributed by atoms with van der Waals surface area (Å²) in [6.07, 6.45) is 8.30. The highest BCUT2D eigenvalue weighted by Crippen LogP contribution is 2.37. The number of thioether (sulfide) groups is 1. The summed E-state index contributed by atoms with van der Waals surface area (Å²) < 4.78 is 0. The van der Waals surface area contributed by atoms with Gasteiger partial charge in [0.25, 0.3) is 0 Å². The second-order valence-electron chi connectivity index (χ2n) is 6.74. The Balaban J connectivity index is 1.51. The number of hydrogen-bond donors (Lipinski definition) is 1. The predicted octanol–water partition coefficient (Wildman–Crippen LogP) is 5.68. The van der Waals surface area contributed by atoms with Gasteiger partial charge >= 0.3 is 0 Å². The molecule has 1 heterocycles. The van der Waals surface area contributed by atoms with Crippen molar-refractivity contribution in [2.45, 2.75) is 56.4 Å². The number of hydrogen-bond acceptors (Lipinski definition) is 2. The lowest BCUT2D eigenvalue weighted by molar-refractivity contribution is 0.272. The number of rotatable bonds is 4. The molecule has 1 saturated carbocycles. The number of nitrogens with one attached hydrogen (secondary N) is 1. The molecule has 0 spiro atoms. The highest BCUT2D eigenvalue weighted by molar-refractivity contribution is 7.99. The average Bonchev–Trinajstić information content (AvgIpc) is 2.50. The van der Waals surface area contributed by atoms with Gasteiger partial charge in [-0.1, -0.05) is 44.2 Å². The standard InChI is InChI=1S/C18H26ClNS/c1-13-2-4-14(5-3-13)8-10-20-17-9-11-21-18-7-6-15(19)12-16(17)18/h6-7,12-14,17,20H,2-5,8-11H2,1H3. The minimum absolute atomic E-state index is 0.502. The maximum Gasteiger partial charge on any atom is 0.0410 e. The first kappa shape index (κ1) is 15.7. The molecule has 1 aliphatic carbocycles. The second kappa shape index (κ2) is 7.39. The molecule has 2 aliphatic rings. The van der Waals surface area contributed by atoms with E-state index in [0.717, 1.165) is 23.4 Å². The molecule has 1 atom stereocenters. The number of fused-ring (bicyclic) bond motifs is 1. The van der Waals surface area contributed by atoms with E-state index < -0.39 is 0 Å². The normalized spacial score (nSPS) is 29.1. The van der Waals surface area contributed by atoms with Gasteiger partial charge in [0.15, 0.2) is 0 Å². The summed E-state index contributed by atoms with van der Waals surface area (Å²) >= 11 is 8.14. The van der Waals surface area contributed by atoms with Crippen molar-refractivity contribution in [1.82, 2.24) is 5.32 Å². The Hall–Kier alpha value is -0.180. The van der Waals surface area contributed by atoms with Gasteiger partial charge in [-0.3, -0.25) is 0 Å². The monoisotopic (exact) mass is 323 g/mol. The summed E-state index contributed by atoms with van der Waals surface area (Å²) in [5.74, 6) is 3.12. The fourth-order valence-corrected chi connectivity index (χ4v) is 4.94. The fraction of sp³-hybridized carbons (Fsp3) is 0.667. The van der Waals surface area contributed by atoms with E-state index in [2.05, 4.69) is 24.4 Å². The zero-order valence-corrected chi connectivity index (χ0v) is 14.5. The first-order chi connectivity index (χ1) is 10.2. The van der Waals surface area contributed by atoms with Crippen molar-refractivity contribution in [3.8, 4) is 0 Å². The van der Waals surface area contributed by atoms with E-state index in [1.54, 1.807) is 0 Å². The Morgan fingerprint density at radius 1 is 1.19 bits per heavy atom. The number of halogens is 1. The third-order valence-electron chi connectivity index (χ3n) is 5.09. The average molecular weight is 324 g/mol. The van der Waals surface area contributed by atoms with Crippen LogP contribution in [0.15, 0.2) is 23.1 Å². The molecule has 1 aromatic rings. The summed E-state index contributed by atoms with van der Waals surface area (Å²) in [5, 5.41) is 4.66. The Labute approximate surface area is 138 Å². The van der Waals surface area contributed by atoms with Crippen molar-refractivity contribution in [2.75, 3.05) is 12.3 Å². The van der Waals surface area contributed by atoms with Crippen molar-refractivity contribution in [2.24, 2.45) is 11.8 Å². The van der Waals surface area contributed by atoms with Crippen LogP contribution in [0.1, 0.15) is 57.1 Å². The molecule has 0 aromatic heterocycles. The maximum atomic E-state index is 6.17. The van der Waals surface area contributed by atoms with E-state index >= 15 is 0 Å². The zero-order chi connectivity index (χ0) is 14.7. The van der Waals surface area contributed by atoms with E-state index in [4.69, 9.17) is 11.6 Å². The quantitative estimate of drug-likeness (QED) is 0.764. The van der Waals surface area contributed by atoms with Gasteiger partial charge in [-0.2, -0.15) is 0 Å². The molecule has 0 saturated heterocycles. The molecular formula is C18H26ClNS. The number of benzene rings is 1. The molecule has 1 N–H and O–H groups in total. The minimum Gasteiger partial charge on any atom is -0.310 e. The van der Waals surface area contributed by atoms with Gasteiger partial charge in [0, 0.05) is 16.0 Å². The second-order valence-corrected chi connectivity index (χ2v) is 8.31. The molecule has 1 nitrogen and oxygen atoms in total. The van der Waals surface area contributed by atoms with Gasteiger partial charge in [0.1, 0.15) is 0 Å². The maximum absolute atomic E-state index is 6.17. The van der Waals surface area contributed by atoms with Crippen LogP contribution in [0.25, 0.3) is 0 Å². The molecule has 1 unspecified atom stereocenters. The first-order valence-electron chi connectivity index (χ1n) is 8.38. The first-order valence-corrected chi connectivity index (χ1v) is 9.74. The Kier molecular flexibility index (Phi) is 5.53. The molecule has 21 heavy (non-hydrogen) atoms. The Morgan fingerprint density at radius 2 is 2.00 bits per heavy atom. The van der Waals surface area contributed by atoms with Crippen LogP contribution >= 0.6 is 23.4 Å². The SMILES string of the molecule is CC1CCC(CCNC2CCSc3ccc(Cl)cc32)CC1. The molecule has 1 fully saturated rings. The van der Waals surface area contributed by atoms with Crippen molar-refractivity contribution in [1.29, 1.82) is 0 Å². The third-order valence-corrected chi connectivity index (χ3v) is 6.45. The van der Waals surface area contributed by atoms with Crippen LogP contribution in [0, 0.1) is 11.8 Å². The molecule has 3 heteroatoms. The molecule has 1 aliphatic heterocycles. The van der Waals surface area contributed by atoms with Crippen molar-refractivity contribution in [3.63, 3.8) is 0 Å². The fourth-order valence-electron chi connectivity index (χ4n) is 3.66. The highest BCUT2D eigenvalue weighted by atomic mass is 35.5. The molecule has 1 aromatic carbocycles. The topological polar surface area (TPSA) is 12.0 Å². The molecule has 0 radical (unpaired) electrons. The van der Waals surface area contributed by atoms with E-state index in [-0.39, 0.29) is 0 Å². The zero-order valence-electron chi connectivity index (χ0n) is 12.9. The van der Waals surface area contributed by atoms with Crippen LogP contribution in [0.3, 0.4) is 0 Å². The van der Waals surface area contributed by atoms with Gasteiger partial charge in [0.2, 0.25) is 0 Å². The molecule has 0 bridgehead atoms. The summed E-state index contributed by atoms with van der Waals surface area (Å²) in [7, 11) is 0. The largest absolute Gasteiger partial charge is 0.310 e. The smallest absolute Gasteiger partial charge is 0.0410 e. The lowest BCUT2D eigenvalue weighted by Gasteiger charge is -2.29. The lowest BCUT2D eigenvalue weighted by atomic mass is 9.81. The summed E-state index contributed by atoms with van der Waals surface area (Å²) in [6, 6.07) is 6.85. The van der Waals surface area contributed by atoms with E-state index in [1.165, 1.54) is 54.7 Å². The van der Waals surface area contributed by atoms with Gasteiger partial charge in [0.05, 0.1) is 0 Å². The summed E-state index contributed by atoms with van der Waals surface area (Å²) in [4.78, 5) is 1.41. The molecule has 3 rings (SSSR count). The van der Waals surface area contributed by atoms with Gasteiger partial charge in [-0.25, -0.2) is 0 Å². The van der Waals surface area contributed by atoms with Gasteiger partial charge in [-0.05, 0) is 60.7 Å². The van der Waals surface area contributed by atoms with E-state index in [1.807, 2.05) is 17.8 Å². The van der Waals surface area contributed by atoms with Crippen LogP contribution in [-0.4, -0.2) is 12.3 Å². The molecule has 0 amide bonds. The summed E-state index contributed by atoms with van der Waals surface area (Å²) in [5.41, 5.74) is 1.41. The van der Waals surface area contributed by atoms with Crippen LogP contribution < -0.4 is 5.32 Å². The summed E-state index contributed by atoms with van der Waals surface area (Å²) in [6.45, 7) is 3.55. The van der Waals surface area contributed by atoms with Gasteiger partial charge in [-0.15, -0.1) is 11.8 Å². The Morgan fingerprint density at radius 3 is 2.81 bits per heavy atom. The highest BCUT2D eigenvalue weighted by Gasteiger charge is 2.22. The van der Waals surface area contributed by atoms with Crippen LogP contribution in [0.2, 0.25) is 5.02 Å². The third kappa shape index (κ3) is 4.18. The van der Waals surface area contributed by atoms with Crippen LogP contribution in [0.4, 0.5) is 0 Å². The molecule has 116 valence electrons. The molecular weight excluding hydrogens is 298 g/mol. The van der Waals surface area contributed by atoms with Crippen LogP contribution in [0.5, 0.6) is 0 Å². The van der Waals surface area contributed by atoms with E-state index in [0.29, 0.717) is 6.04 Å². The van der Waals surface area contributed by atoms with E-state index in [9.17, 15) is 0 Å². The predicted molar refractivity (Wildman–Crippen MR) is 93.3 cm³/mol. The van der Waals surface area contributed by atoms with Crippen molar-refractivity contribution in [3.05, 3.63) is 28.8 Å². The Bertz CT molecular complexity index is 468. The lowest BCUT2D eigenvalue weighted by Crippen LogP contribution is -2.27. The van der Waals surface area contributed by atoms with Crippen molar-refractivity contribution < 1.29 is 0 Å².